The molecular weight excluding hydrogens is 216 g/mol. The van der Waals surface area contributed by atoms with Crippen molar-refractivity contribution in [3.8, 4) is 0 Å². The van der Waals surface area contributed by atoms with Gasteiger partial charge in [-0.3, -0.25) is 4.98 Å². The first kappa shape index (κ1) is 12.1. The fourth-order valence-corrected chi connectivity index (χ4v) is 3.30. The molecule has 3 heteroatoms. The zero-order valence-electron chi connectivity index (χ0n) is 10.4. The van der Waals surface area contributed by atoms with E-state index in [0.717, 1.165) is 11.8 Å². The summed E-state index contributed by atoms with van der Waals surface area (Å²) in [5.74, 6) is 1.66. The third-order valence-corrected chi connectivity index (χ3v) is 5.01. The van der Waals surface area contributed by atoms with Crippen LogP contribution in [-0.4, -0.2) is 11.0 Å². The van der Waals surface area contributed by atoms with E-state index in [2.05, 4.69) is 31.1 Å². The van der Waals surface area contributed by atoms with Crippen molar-refractivity contribution in [3.63, 3.8) is 0 Å². The van der Waals surface area contributed by atoms with Gasteiger partial charge in [0.25, 0.3) is 0 Å². The summed E-state index contributed by atoms with van der Waals surface area (Å²) in [6.07, 6.45) is 6.08. The normalized spacial score (nSPS) is 32.6. The number of aromatic nitrogens is 1. The second-order valence-corrected chi connectivity index (χ2v) is 6.08. The Bertz CT molecular complexity index is 310. The van der Waals surface area contributed by atoms with Crippen molar-refractivity contribution in [2.45, 2.75) is 52.1 Å². The molecule has 0 amide bonds. The molecule has 4 unspecified atom stereocenters. The lowest BCUT2D eigenvalue weighted by atomic mass is 9.78. The summed E-state index contributed by atoms with van der Waals surface area (Å²) in [6.45, 7) is 7.02. The number of hydrogen-bond donors (Lipinski definition) is 1. The van der Waals surface area contributed by atoms with Crippen LogP contribution in [0, 0.1) is 11.8 Å². The molecule has 0 saturated heterocycles. The summed E-state index contributed by atoms with van der Waals surface area (Å²) in [4.78, 5) is 5.50. The number of thiazole rings is 1. The first-order chi connectivity index (χ1) is 7.68. The maximum absolute atomic E-state index is 4.15. The van der Waals surface area contributed by atoms with Gasteiger partial charge in [0.1, 0.15) is 0 Å². The van der Waals surface area contributed by atoms with Gasteiger partial charge in [-0.1, -0.05) is 26.7 Å². The molecule has 4 atom stereocenters. The van der Waals surface area contributed by atoms with Gasteiger partial charge in [-0.15, -0.1) is 11.3 Å². The molecule has 2 nitrogen and oxygen atoms in total. The molecule has 1 aliphatic carbocycles. The van der Waals surface area contributed by atoms with E-state index >= 15 is 0 Å². The van der Waals surface area contributed by atoms with E-state index in [4.69, 9.17) is 0 Å². The fraction of sp³-hybridized carbons (Fsp3) is 0.769. The number of nitrogens with one attached hydrogen (secondary N) is 1. The van der Waals surface area contributed by atoms with Crippen LogP contribution in [0.4, 0.5) is 0 Å². The van der Waals surface area contributed by atoms with Gasteiger partial charge in [0.2, 0.25) is 0 Å². The van der Waals surface area contributed by atoms with Gasteiger partial charge in [-0.25, -0.2) is 0 Å². The van der Waals surface area contributed by atoms with Gasteiger partial charge in [0, 0.05) is 23.2 Å². The predicted octanol–water partition coefficient (Wildman–Crippen LogP) is 3.62. The van der Waals surface area contributed by atoms with Crippen molar-refractivity contribution in [1.29, 1.82) is 0 Å². The quantitative estimate of drug-likeness (QED) is 0.870. The van der Waals surface area contributed by atoms with E-state index in [1.807, 2.05) is 11.7 Å². The Morgan fingerprint density at radius 2 is 2.25 bits per heavy atom. The molecule has 0 aromatic carbocycles. The highest BCUT2D eigenvalue weighted by atomic mass is 32.1. The SMILES string of the molecule is CC(NC1CCCC(C)C1C)c1cncs1. The third-order valence-electron chi connectivity index (χ3n) is 4.05. The number of hydrogen-bond acceptors (Lipinski definition) is 3. The van der Waals surface area contributed by atoms with Crippen molar-refractivity contribution < 1.29 is 0 Å². The van der Waals surface area contributed by atoms with Crippen molar-refractivity contribution >= 4 is 11.3 Å². The van der Waals surface area contributed by atoms with Gasteiger partial charge in [0.15, 0.2) is 0 Å². The molecule has 0 aliphatic heterocycles. The topological polar surface area (TPSA) is 24.9 Å². The fourth-order valence-electron chi connectivity index (χ4n) is 2.66. The smallest absolute Gasteiger partial charge is 0.0794 e. The molecule has 0 radical (unpaired) electrons. The highest BCUT2D eigenvalue weighted by molar-refractivity contribution is 7.09. The summed E-state index contributed by atoms with van der Waals surface area (Å²) in [5, 5.41) is 3.77. The molecule has 0 spiro atoms. The first-order valence-corrected chi connectivity index (χ1v) is 7.21. The third kappa shape index (κ3) is 2.64. The molecule has 1 heterocycles. The summed E-state index contributed by atoms with van der Waals surface area (Å²) in [7, 11) is 0. The molecule has 1 aromatic rings. The maximum Gasteiger partial charge on any atom is 0.0794 e. The van der Waals surface area contributed by atoms with Crippen molar-refractivity contribution in [2.24, 2.45) is 11.8 Å². The largest absolute Gasteiger partial charge is 0.306 e. The summed E-state index contributed by atoms with van der Waals surface area (Å²) >= 11 is 1.75. The molecule has 1 saturated carbocycles. The molecule has 1 aromatic heterocycles. The van der Waals surface area contributed by atoms with E-state index in [-0.39, 0.29) is 0 Å². The monoisotopic (exact) mass is 238 g/mol. The molecular formula is C13H22N2S. The molecule has 2 rings (SSSR count). The van der Waals surface area contributed by atoms with Crippen LogP contribution in [0.25, 0.3) is 0 Å². The van der Waals surface area contributed by atoms with Gasteiger partial charge >= 0.3 is 0 Å². The minimum Gasteiger partial charge on any atom is -0.306 e. The lowest BCUT2D eigenvalue weighted by molar-refractivity contribution is 0.197. The van der Waals surface area contributed by atoms with E-state index < -0.39 is 0 Å². The highest BCUT2D eigenvalue weighted by Crippen LogP contribution is 2.31. The van der Waals surface area contributed by atoms with Crippen LogP contribution >= 0.6 is 11.3 Å². The Morgan fingerprint density at radius 1 is 1.44 bits per heavy atom. The van der Waals surface area contributed by atoms with Crippen LogP contribution < -0.4 is 5.32 Å². The van der Waals surface area contributed by atoms with Crippen molar-refractivity contribution in [3.05, 3.63) is 16.6 Å². The van der Waals surface area contributed by atoms with E-state index in [0.29, 0.717) is 12.1 Å². The van der Waals surface area contributed by atoms with Gasteiger partial charge in [0.05, 0.1) is 5.51 Å². The van der Waals surface area contributed by atoms with E-state index in [9.17, 15) is 0 Å². The highest BCUT2D eigenvalue weighted by Gasteiger charge is 2.28. The minimum absolute atomic E-state index is 0.449. The molecule has 1 aliphatic rings. The van der Waals surface area contributed by atoms with Crippen LogP contribution in [-0.2, 0) is 0 Å². The Kier molecular flexibility index (Phi) is 3.98. The Hall–Kier alpha value is -0.410. The summed E-state index contributed by atoms with van der Waals surface area (Å²) in [6, 6.07) is 1.13. The number of rotatable bonds is 3. The molecule has 0 bridgehead atoms. The predicted molar refractivity (Wildman–Crippen MR) is 69.6 cm³/mol. The Morgan fingerprint density at radius 3 is 2.94 bits per heavy atom. The zero-order chi connectivity index (χ0) is 11.5. The van der Waals surface area contributed by atoms with Crippen LogP contribution in [0.3, 0.4) is 0 Å². The summed E-state index contributed by atoms with van der Waals surface area (Å²) in [5.41, 5.74) is 1.92. The van der Waals surface area contributed by atoms with Crippen molar-refractivity contribution in [1.82, 2.24) is 10.3 Å². The Balaban J connectivity index is 1.93. The average Bonchev–Trinajstić information content (AvgIpc) is 2.78. The second-order valence-electron chi connectivity index (χ2n) is 5.17. The van der Waals surface area contributed by atoms with E-state index in [1.54, 1.807) is 11.3 Å². The van der Waals surface area contributed by atoms with Gasteiger partial charge < -0.3 is 5.32 Å². The molecule has 16 heavy (non-hydrogen) atoms. The van der Waals surface area contributed by atoms with Crippen LogP contribution in [0.15, 0.2) is 11.7 Å². The zero-order valence-corrected chi connectivity index (χ0v) is 11.3. The lowest BCUT2D eigenvalue weighted by Crippen LogP contribution is -2.41. The summed E-state index contributed by atoms with van der Waals surface area (Å²) < 4.78 is 0. The number of nitrogens with zero attached hydrogens (tertiary/aromatic N) is 1. The standard InChI is InChI=1S/C13H22N2S/c1-9-5-4-6-12(10(9)2)15-11(3)13-7-14-8-16-13/h7-12,15H,4-6H2,1-3H3. The minimum atomic E-state index is 0.449. The van der Waals surface area contributed by atoms with Gasteiger partial charge in [-0.2, -0.15) is 0 Å². The van der Waals surface area contributed by atoms with E-state index in [1.165, 1.54) is 24.1 Å². The van der Waals surface area contributed by atoms with Crippen LogP contribution in [0.1, 0.15) is 51.0 Å². The molecule has 1 fully saturated rings. The maximum atomic E-state index is 4.15. The van der Waals surface area contributed by atoms with Crippen molar-refractivity contribution in [2.75, 3.05) is 0 Å². The molecule has 90 valence electrons. The Labute approximate surface area is 102 Å². The lowest BCUT2D eigenvalue weighted by Gasteiger charge is -2.36. The molecule has 1 N–H and O–H groups in total. The van der Waals surface area contributed by atoms with Crippen LogP contribution in [0.2, 0.25) is 0 Å². The van der Waals surface area contributed by atoms with Gasteiger partial charge in [-0.05, 0) is 25.2 Å². The van der Waals surface area contributed by atoms with Crippen LogP contribution in [0.5, 0.6) is 0 Å². The first-order valence-electron chi connectivity index (χ1n) is 6.33. The second kappa shape index (κ2) is 5.28. The average molecular weight is 238 g/mol.